The summed E-state index contributed by atoms with van der Waals surface area (Å²) in [4.78, 5) is 46.1. The van der Waals surface area contributed by atoms with Crippen LogP contribution < -0.4 is 11.0 Å². The lowest BCUT2D eigenvalue weighted by molar-refractivity contribution is -0.116. The van der Waals surface area contributed by atoms with E-state index in [1.54, 1.807) is 23.8 Å². The number of carbonyl (C=O) groups is 2. The van der Waals surface area contributed by atoms with Crippen LogP contribution in [0.1, 0.15) is 43.1 Å². The number of rotatable bonds is 4. The third-order valence-corrected chi connectivity index (χ3v) is 4.31. The van der Waals surface area contributed by atoms with Crippen LogP contribution in [0.25, 0.3) is 16.7 Å². The fourth-order valence-corrected chi connectivity index (χ4v) is 3.15. The molecule has 0 saturated heterocycles. The summed E-state index contributed by atoms with van der Waals surface area (Å²) in [5.74, 6) is -1.09. The van der Waals surface area contributed by atoms with Crippen molar-refractivity contribution < 1.29 is 14.3 Å². The van der Waals surface area contributed by atoms with E-state index >= 15 is 0 Å². The molecule has 0 atom stereocenters. The van der Waals surface area contributed by atoms with Crippen LogP contribution in [0.4, 0.5) is 0 Å². The van der Waals surface area contributed by atoms with E-state index < -0.39 is 11.9 Å². The highest BCUT2D eigenvalue weighted by molar-refractivity contribution is 5.93. The zero-order valence-electron chi connectivity index (χ0n) is 16.4. The monoisotopic (exact) mass is 382 g/mol. The summed E-state index contributed by atoms with van der Waals surface area (Å²) >= 11 is 0. The minimum Gasteiger partial charge on any atom is -0.462 e. The molecule has 0 N–H and O–H groups in total. The number of hydrogen-bond donors (Lipinski definition) is 0. The van der Waals surface area contributed by atoms with E-state index in [1.165, 1.54) is 17.4 Å². The number of amides is 1. The van der Waals surface area contributed by atoms with Crippen LogP contribution >= 0.6 is 0 Å². The Hall–Kier alpha value is -3.29. The predicted molar refractivity (Wildman–Crippen MR) is 104 cm³/mol. The summed E-state index contributed by atoms with van der Waals surface area (Å²) in [5.41, 5.74) is 1.67. The molecule has 0 aliphatic carbocycles. The van der Waals surface area contributed by atoms with E-state index in [1.807, 2.05) is 19.9 Å². The Labute approximate surface area is 161 Å². The van der Waals surface area contributed by atoms with E-state index in [0.717, 1.165) is 5.56 Å². The smallest absolute Gasteiger partial charge is 0.341 e. The Bertz CT molecular complexity index is 1220. The Morgan fingerprint density at radius 2 is 2.00 bits per heavy atom. The normalized spacial score (nSPS) is 11.9. The Kier molecular flexibility index (Phi) is 5.39. The molecule has 0 unspecified atom stereocenters. The molecule has 0 bridgehead atoms. The molecule has 8 heteroatoms. The topological polar surface area (TPSA) is 95.0 Å². The number of aryl methyl sites for hydroxylation is 2. The summed E-state index contributed by atoms with van der Waals surface area (Å²) in [5, 5.41) is 0.266. The van der Waals surface area contributed by atoms with Crippen molar-refractivity contribution in [2.24, 2.45) is 4.99 Å². The molecule has 3 rings (SSSR count). The molecule has 3 aromatic heterocycles. The SMILES string of the molecule is CCCn1c(=NC(C)=O)c(C(=O)OCC)cc2c(=O)n3cccc(C)c3nc21. The van der Waals surface area contributed by atoms with Crippen molar-refractivity contribution in [1.82, 2.24) is 14.0 Å². The number of esters is 1. The number of fused-ring (bicyclic) bond motifs is 2. The van der Waals surface area contributed by atoms with E-state index in [4.69, 9.17) is 4.74 Å². The third kappa shape index (κ3) is 3.33. The maximum Gasteiger partial charge on any atom is 0.341 e. The molecule has 8 nitrogen and oxygen atoms in total. The summed E-state index contributed by atoms with van der Waals surface area (Å²) < 4.78 is 8.22. The summed E-state index contributed by atoms with van der Waals surface area (Å²) in [6, 6.07) is 5.06. The largest absolute Gasteiger partial charge is 0.462 e. The number of pyridine rings is 2. The van der Waals surface area contributed by atoms with Crippen LogP contribution in [0.15, 0.2) is 34.2 Å². The summed E-state index contributed by atoms with van der Waals surface area (Å²) in [6.07, 6.45) is 2.33. The number of nitrogens with zero attached hydrogens (tertiary/aromatic N) is 4. The molecule has 0 aliphatic heterocycles. The number of aromatic nitrogens is 3. The van der Waals surface area contributed by atoms with Crippen molar-refractivity contribution in [3.63, 3.8) is 0 Å². The van der Waals surface area contributed by atoms with Crippen molar-refractivity contribution in [2.45, 2.75) is 40.7 Å². The van der Waals surface area contributed by atoms with E-state index in [0.29, 0.717) is 24.3 Å². The average Bonchev–Trinajstić information content (AvgIpc) is 2.64. The van der Waals surface area contributed by atoms with Gasteiger partial charge in [-0.05, 0) is 38.0 Å². The van der Waals surface area contributed by atoms with Crippen LogP contribution in [0, 0.1) is 6.92 Å². The second kappa shape index (κ2) is 7.75. The van der Waals surface area contributed by atoms with Gasteiger partial charge >= 0.3 is 5.97 Å². The van der Waals surface area contributed by atoms with Gasteiger partial charge in [0.25, 0.3) is 5.56 Å². The van der Waals surface area contributed by atoms with Gasteiger partial charge in [-0.25, -0.2) is 9.78 Å². The lowest BCUT2D eigenvalue weighted by atomic mass is 10.2. The van der Waals surface area contributed by atoms with Crippen molar-refractivity contribution in [2.75, 3.05) is 6.61 Å². The lowest BCUT2D eigenvalue weighted by Gasteiger charge is -2.14. The molecule has 0 spiro atoms. The van der Waals surface area contributed by atoms with Crippen LogP contribution in [0.2, 0.25) is 0 Å². The molecule has 3 heterocycles. The molecule has 0 aromatic carbocycles. The molecular weight excluding hydrogens is 360 g/mol. The summed E-state index contributed by atoms with van der Waals surface area (Å²) in [7, 11) is 0. The van der Waals surface area contributed by atoms with E-state index in [-0.39, 0.29) is 28.6 Å². The Morgan fingerprint density at radius 3 is 2.64 bits per heavy atom. The predicted octanol–water partition coefficient (Wildman–Crippen LogP) is 1.99. The zero-order valence-corrected chi connectivity index (χ0v) is 16.4. The van der Waals surface area contributed by atoms with Gasteiger partial charge in [0, 0.05) is 19.7 Å². The zero-order chi connectivity index (χ0) is 20.4. The first-order valence-electron chi connectivity index (χ1n) is 9.17. The number of ether oxygens (including phenoxy) is 1. The Balaban J connectivity index is 2.58. The third-order valence-electron chi connectivity index (χ3n) is 4.31. The van der Waals surface area contributed by atoms with Crippen LogP contribution in [0.5, 0.6) is 0 Å². The van der Waals surface area contributed by atoms with Crippen molar-refractivity contribution in [1.29, 1.82) is 0 Å². The molecular formula is C20H22N4O4. The van der Waals surface area contributed by atoms with E-state index in [2.05, 4.69) is 9.98 Å². The maximum atomic E-state index is 13.1. The minimum absolute atomic E-state index is 0.0736. The fraction of sp³-hybridized carbons (Fsp3) is 0.350. The molecule has 3 aromatic rings. The first-order valence-corrected chi connectivity index (χ1v) is 9.17. The molecule has 0 saturated carbocycles. The first kappa shape index (κ1) is 19.5. The standard InChI is InChI=1S/C20H22N4O4/c1-5-9-23-17-14(19(26)24-10-7-8-12(3)16(24)22-17)11-15(20(27)28-6-2)18(23)21-13(4)25/h7-8,10-11H,5-6,9H2,1-4H3. The van der Waals surface area contributed by atoms with Gasteiger partial charge in [0.15, 0.2) is 5.49 Å². The van der Waals surface area contributed by atoms with Gasteiger partial charge in [-0.2, -0.15) is 4.99 Å². The highest BCUT2D eigenvalue weighted by atomic mass is 16.5. The lowest BCUT2D eigenvalue weighted by Crippen LogP contribution is -2.32. The van der Waals surface area contributed by atoms with Crippen LogP contribution in [0.3, 0.4) is 0 Å². The molecule has 0 aliphatic rings. The van der Waals surface area contributed by atoms with Crippen molar-refractivity contribution >= 4 is 28.6 Å². The van der Waals surface area contributed by atoms with Crippen LogP contribution in [-0.2, 0) is 16.1 Å². The van der Waals surface area contributed by atoms with Crippen molar-refractivity contribution in [3.05, 3.63) is 51.4 Å². The quantitative estimate of drug-likeness (QED) is 0.508. The average molecular weight is 382 g/mol. The van der Waals surface area contributed by atoms with Crippen molar-refractivity contribution in [3.8, 4) is 0 Å². The molecule has 1 amide bonds. The van der Waals surface area contributed by atoms with Gasteiger partial charge in [-0.3, -0.25) is 14.0 Å². The highest BCUT2D eigenvalue weighted by Gasteiger charge is 2.19. The van der Waals surface area contributed by atoms with Gasteiger partial charge in [-0.1, -0.05) is 13.0 Å². The maximum absolute atomic E-state index is 13.1. The van der Waals surface area contributed by atoms with Gasteiger partial charge in [-0.15, -0.1) is 0 Å². The first-order chi connectivity index (χ1) is 13.4. The molecule has 0 radical (unpaired) electrons. The van der Waals surface area contributed by atoms with Gasteiger partial charge in [0.05, 0.1) is 12.0 Å². The second-order valence-electron chi connectivity index (χ2n) is 6.42. The molecule has 0 fully saturated rings. The second-order valence-corrected chi connectivity index (χ2v) is 6.42. The van der Waals surface area contributed by atoms with E-state index in [9.17, 15) is 14.4 Å². The summed E-state index contributed by atoms with van der Waals surface area (Å²) in [6.45, 7) is 7.41. The number of carbonyl (C=O) groups excluding carboxylic acids is 2. The Morgan fingerprint density at radius 1 is 1.25 bits per heavy atom. The molecule has 28 heavy (non-hydrogen) atoms. The highest BCUT2D eigenvalue weighted by Crippen LogP contribution is 2.13. The van der Waals surface area contributed by atoms with Gasteiger partial charge in [0.1, 0.15) is 16.9 Å². The fourth-order valence-electron chi connectivity index (χ4n) is 3.15. The number of hydrogen-bond acceptors (Lipinski definition) is 5. The van der Waals surface area contributed by atoms with Gasteiger partial charge < -0.3 is 9.30 Å². The molecule has 146 valence electrons. The van der Waals surface area contributed by atoms with Crippen LogP contribution in [-0.4, -0.2) is 32.4 Å². The van der Waals surface area contributed by atoms with Gasteiger partial charge in [0.2, 0.25) is 5.91 Å². The minimum atomic E-state index is -0.636.